The summed E-state index contributed by atoms with van der Waals surface area (Å²) in [6.45, 7) is 2.68. The van der Waals surface area contributed by atoms with Gasteiger partial charge in [0.25, 0.3) is 0 Å². The lowest BCUT2D eigenvalue weighted by molar-refractivity contribution is 0.315. The third kappa shape index (κ3) is 4.04. The van der Waals surface area contributed by atoms with Crippen LogP contribution < -0.4 is 4.74 Å². The minimum atomic E-state index is -0.583. The second kappa shape index (κ2) is 7.36. The minimum absolute atomic E-state index is 0.352. The molecule has 5 heteroatoms. The van der Waals surface area contributed by atoms with Crippen molar-refractivity contribution in [2.24, 2.45) is 0 Å². The van der Waals surface area contributed by atoms with Crippen LogP contribution >= 0.6 is 31.9 Å². The highest BCUT2D eigenvalue weighted by atomic mass is 79.9. The van der Waals surface area contributed by atoms with Gasteiger partial charge in [-0.05, 0) is 46.1 Å². The molecular formula is C16H14Br2F2O. The summed E-state index contributed by atoms with van der Waals surface area (Å²) in [5.74, 6) is -0.403. The number of rotatable bonds is 5. The van der Waals surface area contributed by atoms with Crippen molar-refractivity contribution in [3.05, 3.63) is 63.6 Å². The highest BCUT2D eigenvalue weighted by molar-refractivity contribution is 9.10. The average Bonchev–Trinajstić information content (AvgIpc) is 2.45. The summed E-state index contributed by atoms with van der Waals surface area (Å²) in [7, 11) is 0. The van der Waals surface area contributed by atoms with Gasteiger partial charge in [-0.25, -0.2) is 8.78 Å². The van der Waals surface area contributed by atoms with Crippen LogP contribution in [0.5, 0.6) is 5.75 Å². The number of halogens is 4. The number of ether oxygens (including phenoxy) is 1. The highest BCUT2D eigenvalue weighted by Gasteiger charge is 2.16. The van der Waals surface area contributed by atoms with Gasteiger partial charge in [0, 0.05) is 11.6 Å². The standard InChI is InChI=1S/C16H14Br2F2O/c1-2-7-21-15-6-3-10(8-13(15)17)16(18)12-5-4-11(19)9-14(12)20/h3-6,8-9,16H,2,7H2,1H3. The predicted molar refractivity (Wildman–Crippen MR) is 87.1 cm³/mol. The Morgan fingerprint density at radius 2 is 1.90 bits per heavy atom. The van der Waals surface area contributed by atoms with E-state index in [4.69, 9.17) is 4.74 Å². The maximum absolute atomic E-state index is 13.8. The Hall–Kier alpha value is -0.940. The van der Waals surface area contributed by atoms with Crippen molar-refractivity contribution in [2.75, 3.05) is 6.61 Å². The zero-order valence-corrected chi connectivity index (χ0v) is 14.5. The smallest absolute Gasteiger partial charge is 0.133 e. The fourth-order valence-electron chi connectivity index (χ4n) is 1.89. The molecule has 0 saturated carbocycles. The molecule has 0 N–H and O–H groups in total. The normalized spacial score (nSPS) is 12.2. The molecule has 0 fully saturated rings. The summed E-state index contributed by atoms with van der Waals surface area (Å²) in [4.78, 5) is -0.352. The second-order valence-electron chi connectivity index (χ2n) is 4.57. The summed E-state index contributed by atoms with van der Waals surface area (Å²) in [6, 6.07) is 9.15. The highest BCUT2D eigenvalue weighted by Crippen LogP contribution is 2.36. The van der Waals surface area contributed by atoms with Crippen molar-refractivity contribution in [1.29, 1.82) is 0 Å². The molecule has 2 rings (SSSR count). The summed E-state index contributed by atoms with van der Waals surface area (Å²) >= 11 is 6.91. The summed E-state index contributed by atoms with van der Waals surface area (Å²) in [6.07, 6.45) is 0.927. The van der Waals surface area contributed by atoms with Gasteiger partial charge in [-0.2, -0.15) is 0 Å². The van der Waals surface area contributed by atoms with Crippen LogP contribution in [0.25, 0.3) is 0 Å². The first kappa shape index (κ1) is 16.4. The fraction of sp³-hybridized carbons (Fsp3) is 0.250. The fourth-order valence-corrected chi connectivity index (χ4v) is 3.06. The zero-order valence-electron chi connectivity index (χ0n) is 11.4. The SMILES string of the molecule is CCCOc1ccc(C(Br)c2ccc(F)cc2F)cc1Br. The molecule has 0 heterocycles. The lowest BCUT2D eigenvalue weighted by Gasteiger charge is -2.14. The molecule has 1 nitrogen and oxygen atoms in total. The van der Waals surface area contributed by atoms with Crippen LogP contribution in [0.2, 0.25) is 0 Å². The van der Waals surface area contributed by atoms with Crippen LogP contribution in [0.3, 0.4) is 0 Å². The van der Waals surface area contributed by atoms with Gasteiger partial charge in [-0.15, -0.1) is 0 Å². The Morgan fingerprint density at radius 3 is 2.52 bits per heavy atom. The summed E-state index contributed by atoms with van der Waals surface area (Å²) in [5, 5.41) is 0. The van der Waals surface area contributed by atoms with Crippen LogP contribution in [0.1, 0.15) is 29.3 Å². The lowest BCUT2D eigenvalue weighted by atomic mass is 10.0. The molecule has 0 saturated heterocycles. The molecule has 21 heavy (non-hydrogen) atoms. The molecule has 0 amide bonds. The van der Waals surface area contributed by atoms with Crippen molar-refractivity contribution < 1.29 is 13.5 Å². The van der Waals surface area contributed by atoms with E-state index in [1.807, 2.05) is 25.1 Å². The molecule has 0 spiro atoms. The van der Waals surface area contributed by atoms with Crippen LogP contribution in [-0.4, -0.2) is 6.61 Å². The number of hydrogen-bond donors (Lipinski definition) is 0. The lowest BCUT2D eigenvalue weighted by Crippen LogP contribution is -1.99. The average molecular weight is 420 g/mol. The molecule has 0 radical (unpaired) electrons. The first-order valence-corrected chi connectivity index (χ1v) is 8.25. The molecule has 112 valence electrons. The van der Waals surface area contributed by atoms with E-state index in [2.05, 4.69) is 31.9 Å². The van der Waals surface area contributed by atoms with E-state index in [9.17, 15) is 8.78 Å². The third-order valence-corrected chi connectivity index (χ3v) is 4.59. The number of hydrogen-bond acceptors (Lipinski definition) is 1. The summed E-state index contributed by atoms with van der Waals surface area (Å²) in [5.41, 5.74) is 1.25. The monoisotopic (exact) mass is 418 g/mol. The van der Waals surface area contributed by atoms with E-state index in [1.54, 1.807) is 0 Å². The van der Waals surface area contributed by atoms with Crippen molar-refractivity contribution >= 4 is 31.9 Å². The van der Waals surface area contributed by atoms with E-state index < -0.39 is 11.6 Å². The van der Waals surface area contributed by atoms with E-state index in [-0.39, 0.29) is 4.83 Å². The third-order valence-electron chi connectivity index (χ3n) is 2.95. The first-order chi connectivity index (χ1) is 10.0. The molecular weight excluding hydrogens is 406 g/mol. The Kier molecular flexibility index (Phi) is 5.76. The number of alkyl halides is 1. The maximum atomic E-state index is 13.8. The van der Waals surface area contributed by atoms with Crippen molar-refractivity contribution in [3.8, 4) is 5.75 Å². The van der Waals surface area contributed by atoms with Crippen LogP contribution in [-0.2, 0) is 0 Å². The van der Waals surface area contributed by atoms with Crippen molar-refractivity contribution in [1.82, 2.24) is 0 Å². The Labute approximate surface area is 139 Å². The van der Waals surface area contributed by atoms with Gasteiger partial charge in [0.2, 0.25) is 0 Å². The summed E-state index contributed by atoms with van der Waals surface area (Å²) < 4.78 is 33.2. The number of benzene rings is 2. The topological polar surface area (TPSA) is 9.23 Å². The van der Waals surface area contributed by atoms with Crippen molar-refractivity contribution in [3.63, 3.8) is 0 Å². The molecule has 2 aromatic rings. The minimum Gasteiger partial charge on any atom is -0.492 e. The van der Waals surface area contributed by atoms with Gasteiger partial charge < -0.3 is 4.74 Å². The quantitative estimate of drug-likeness (QED) is 0.540. The zero-order chi connectivity index (χ0) is 15.4. The van der Waals surface area contributed by atoms with E-state index in [0.29, 0.717) is 12.2 Å². The van der Waals surface area contributed by atoms with Crippen molar-refractivity contribution in [2.45, 2.75) is 18.2 Å². The second-order valence-corrected chi connectivity index (χ2v) is 6.34. The molecule has 0 aromatic heterocycles. The molecule has 1 unspecified atom stereocenters. The Bertz CT molecular complexity index is 632. The molecule has 1 atom stereocenters. The molecule has 2 aromatic carbocycles. The van der Waals surface area contributed by atoms with E-state index in [0.717, 1.165) is 28.3 Å². The molecule has 0 aliphatic carbocycles. The maximum Gasteiger partial charge on any atom is 0.133 e. The molecule has 0 aliphatic rings. The van der Waals surface area contributed by atoms with Gasteiger partial charge in [0.1, 0.15) is 17.4 Å². The van der Waals surface area contributed by atoms with Gasteiger partial charge in [-0.3, -0.25) is 0 Å². The van der Waals surface area contributed by atoms with E-state index >= 15 is 0 Å². The van der Waals surface area contributed by atoms with Crippen LogP contribution in [0, 0.1) is 11.6 Å². The van der Waals surface area contributed by atoms with Gasteiger partial charge in [-0.1, -0.05) is 35.0 Å². The van der Waals surface area contributed by atoms with Gasteiger partial charge in [0.05, 0.1) is 15.9 Å². The largest absolute Gasteiger partial charge is 0.492 e. The predicted octanol–water partition coefficient (Wildman–Crippen LogP) is 6.00. The van der Waals surface area contributed by atoms with E-state index in [1.165, 1.54) is 12.1 Å². The van der Waals surface area contributed by atoms with Gasteiger partial charge >= 0.3 is 0 Å². The Morgan fingerprint density at radius 1 is 1.14 bits per heavy atom. The van der Waals surface area contributed by atoms with Gasteiger partial charge in [0.15, 0.2) is 0 Å². The van der Waals surface area contributed by atoms with Crippen LogP contribution in [0.4, 0.5) is 8.78 Å². The molecule has 0 aliphatic heterocycles. The Balaban J connectivity index is 2.27. The van der Waals surface area contributed by atoms with Crippen LogP contribution in [0.15, 0.2) is 40.9 Å². The first-order valence-electron chi connectivity index (χ1n) is 6.54. The molecule has 0 bridgehead atoms.